The van der Waals surface area contributed by atoms with Crippen LogP contribution in [-0.2, 0) is 11.0 Å². The Hall–Kier alpha value is -3.06. The third-order valence-electron chi connectivity index (χ3n) is 5.95. The summed E-state index contributed by atoms with van der Waals surface area (Å²) < 4.78 is 38.4. The van der Waals surface area contributed by atoms with Crippen molar-refractivity contribution in [2.24, 2.45) is 5.92 Å². The van der Waals surface area contributed by atoms with Gasteiger partial charge >= 0.3 is 6.18 Å². The van der Waals surface area contributed by atoms with Crippen LogP contribution in [0.2, 0.25) is 0 Å². The number of hydrogen-bond acceptors (Lipinski definition) is 3. The average molecular weight is 428 g/mol. The summed E-state index contributed by atoms with van der Waals surface area (Å²) in [5.41, 5.74) is 0.804. The number of amides is 1. The largest absolute Gasteiger partial charge is 0.508 e. The Kier molecular flexibility index (Phi) is 5.62. The van der Waals surface area contributed by atoms with Gasteiger partial charge in [0.2, 0.25) is 5.91 Å². The predicted molar refractivity (Wildman–Crippen MR) is 114 cm³/mol. The Morgan fingerprint density at radius 1 is 1.06 bits per heavy atom. The summed E-state index contributed by atoms with van der Waals surface area (Å²) in [5, 5.41) is 14.5. The van der Waals surface area contributed by atoms with E-state index in [1.807, 2.05) is 24.1 Å². The zero-order valence-electron chi connectivity index (χ0n) is 17.0. The number of benzene rings is 3. The molecule has 1 saturated heterocycles. The molecule has 0 aromatic heterocycles. The molecule has 0 aliphatic carbocycles. The molecule has 162 valence electrons. The van der Waals surface area contributed by atoms with Crippen LogP contribution >= 0.6 is 0 Å². The number of nitrogens with one attached hydrogen (secondary N) is 1. The summed E-state index contributed by atoms with van der Waals surface area (Å²) in [7, 11) is 1.89. The SMILES string of the molecule is CN1C[C@@H](C(=O)Nc2cccc3ccc(O)cc23)CC[C@@H]1c1ccc(C(F)(F)F)cc1. The molecule has 4 rings (SSSR count). The first-order valence-electron chi connectivity index (χ1n) is 10.1. The van der Waals surface area contributed by atoms with E-state index >= 15 is 0 Å². The van der Waals surface area contributed by atoms with E-state index in [0.717, 1.165) is 28.5 Å². The van der Waals surface area contributed by atoms with Crippen LogP contribution in [0.1, 0.15) is 30.0 Å². The molecule has 1 aliphatic rings. The Balaban J connectivity index is 1.44. The Morgan fingerprint density at radius 2 is 1.81 bits per heavy atom. The average Bonchev–Trinajstić information content (AvgIpc) is 2.73. The van der Waals surface area contributed by atoms with Gasteiger partial charge in [0, 0.05) is 23.7 Å². The van der Waals surface area contributed by atoms with Crippen molar-refractivity contribution >= 4 is 22.4 Å². The van der Waals surface area contributed by atoms with Crippen molar-refractivity contribution in [1.29, 1.82) is 0 Å². The van der Waals surface area contributed by atoms with Crippen LogP contribution in [-0.4, -0.2) is 29.5 Å². The molecule has 2 N–H and O–H groups in total. The van der Waals surface area contributed by atoms with Gasteiger partial charge in [-0.3, -0.25) is 9.69 Å². The van der Waals surface area contributed by atoms with Crippen LogP contribution in [0.15, 0.2) is 60.7 Å². The third-order valence-corrected chi connectivity index (χ3v) is 5.95. The molecule has 1 aliphatic heterocycles. The lowest BCUT2D eigenvalue weighted by Gasteiger charge is -2.37. The van der Waals surface area contributed by atoms with Crippen LogP contribution in [0.4, 0.5) is 18.9 Å². The second kappa shape index (κ2) is 8.23. The number of fused-ring (bicyclic) bond motifs is 1. The van der Waals surface area contributed by atoms with Crippen molar-refractivity contribution in [3.05, 3.63) is 71.8 Å². The Labute approximate surface area is 178 Å². The highest BCUT2D eigenvalue weighted by Crippen LogP contribution is 2.35. The highest BCUT2D eigenvalue weighted by Gasteiger charge is 2.33. The van der Waals surface area contributed by atoms with Crippen LogP contribution in [0.3, 0.4) is 0 Å². The van der Waals surface area contributed by atoms with E-state index < -0.39 is 11.7 Å². The number of phenols is 1. The summed E-state index contributed by atoms with van der Waals surface area (Å²) in [4.78, 5) is 14.9. The lowest BCUT2D eigenvalue weighted by atomic mass is 9.88. The van der Waals surface area contributed by atoms with Crippen molar-refractivity contribution in [1.82, 2.24) is 4.90 Å². The highest BCUT2D eigenvalue weighted by atomic mass is 19.4. The minimum atomic E-state index is -4.35. The number of piperidine rings is 1. The summed E-state index contributed by atoms with van der Waals surface area (Å²) in [6.07, 6.45) is -3.03. The van der Waals surface area contributed by atoms with Gasteiger partial charge in [0.25, 0.3) is 0 Å². The van der Waals surface area contributed by atoms with Crippen LogP contribution < -0.4 is 5.32 Å². The molecule has 3 aromatic carbocycles. The zero-order chi connectivity index (χ0) is 22.2. The van der Waals surface area contributed by atoms with Crippen molar-refractivity contribution in [3.63, 3.8) is 0 Å². The van der Waals surface area contributed by atoms with Gasteiger partial charge in [0.15, 0.2) is 0 Å². The minimum Gasteiger partial charge on any atom is -0.508 e. The molecule has 0 spiro atoms. The maximum absolute atomic E-state index is 12.9. The van der Waals surface area contributed by atoms with Gasteiger partial charge in [-0.25, -0.2) is 0 Å². The maximum Gasteiger partial charge on any atom is 0.416 e. The van der Waals surface area contributed by atoms with Crippen LogP contribution in [0.25, 0.3) is 10.8 Å². The first-order chi connectivity index (χ1) is 14.7. The molecule has 3 aromatic rings. The minimum absolute atomic E-state index is 0.0270. The fraction of sp³-hybridized carbons (Fsp3) is 0.292. The number of carbonyl (C=O) groups is 1. The number of phenolic OH excluding ortho intramolecular Hbond substituents is 1. The number of likely N-dealkylation sites (tertiary alicyclic amines) is 1. The standard InChI is InChI=1S/C24H23F3N2O2/c1-29-14-17(8-12-22(29)16-5-9-18(10-6-16)24(25,26)27)23(31)28-21-4-2-3-15-7-11-19(30)13-20(15)21/h2-7,9-11,13,17,22,30H,8,12,14H2,1H3,(H,28,31)/t17-,22+/m0/s1. The number of hydrogen-bond donors (Lipinski definition) is 2. The number of alkyl halides is 3. The van der Waals surface area contributed by atoms with Gasteiger partial charge in [-0.15, -0.1) is 0 Å². The molecular weight excluding hydrogens is 405 g/mol. The van der Waals surface area contributed by atoms with Crippen LogP contribution in [0, 0.1) is 5.92 Å². The predicted octanol–water partition coefficient (Wildman–Crippen LogP) is 5.59. The molecule has 2 atom stereocenters. The molecule has 7 heteroatoms. The van der Waals surface area contributed by atoms with E-state index in [1.165, 1.54) is 12.1 Å². The van der Waals surface area contributed by atoms with Crippen molar-refractivity contribution < 1.29 is 23.1 Å². The Bertz CT molecular complexity index is 1100. The molecule has 31 heavy (non-hydrogen) atoms. The van der Waals surface area contributed by atoms with E-state index in [0.29, 0.717) is 25.1 Å². The van der Waals surface area contributed by atoms with E-state index in [9.17, 15) is 23.1 Å². The fourth-order valence-electron chi connectivity index (χ4n) is 4.28. The maximum atomic E-state index is 12.9. The van der Waals surface area contributed by atoms with E-state index in [-0.39, 0.29) is 23.6 Å². The molecule has 1 heterocycles. The number of halogens is 3. The van der Waals surface area contributed by atoms with Crippen molar-refractivity contribution in [2.45, 2.75) is 25.1 Å². The number of anilines is 1. The number of rotatable bonds is 3. The van der Waals surface area contributed by atoms with E-state index in [1.54, 1.807) is 24.3 Å². The van der Waals surface area contributed by atoms with Gasteiger partial charge in [-0.05, 0) is 61.2 Å². The van der Waals surface area contributed by atoms with Gasteiger partial charge < -0.3 is 10.4 Å². The fourth-order valence-corrected chi connectivity index (χ4v) is 4.28. The number of carbonyl (C=O) groups excluding carboxylic acids is 1. The molecule has 1 amide bonds. The van der Waals surface area contributed by atoms with Crippen molar-refractivity contribution in [2.75, 3.05) is 18.9 Å². The van der Waals surface area contributed by atoms with Gasteiger partial charge in [-0.1, -0.05) is 30.3 Å². The van der Waals surface area contributed by atoms with Crippen molar-refractivity contribution in [3.8, 4) is 5.75 Å². The summed E-state index contributed by atoms with van der Waals surface area (Å²) in [6.45, 7) is 0.507. The van der Waals surface area contributed by atoms with Gasteiger partial charge in [0.05, 0.1) is 11.5 Å². The first kappa shape index (κ1) is 21.2. The topological polar surface area (TPSA) is 52.6 Å². The molecule has 1 fully saturated rings. The second-order valence-corrected chi connectivity index (χ2v) is 8.05. The highest BCUT2D eigenvalue weighted by molar-refractivity contribution is 6.03. The Morgan fingerprint density at radius 3 is 2.48 bits per heavy atom. The summed E-state index contributed by atoms with van der Waals surface area (Å²) in [5.74, 6) is -0.206. The molecule has 0 saturated carbocycles. The molecule has 0 radical (unpaired) electrons. The van der Waals surface area contributed by atoms with Gasteiger partial charge in [-0.2, -0.15) is 13.2 Å². The molecule has 0 bridgehead atoms. The molecule has 0 unspecified atom stereocenters. The molecule has 4 nitrogen and oxygen atoms in total. The number of aromatic hydroxyl groups is 1. The number of nitrogens with zero attached hydrogens (tertiary/aromatic N) is 1. The van der Waals surface area contributed by atoms with E-state index in [2.05, 4.69) is 5.32 Å². The smallest absolute Gasteiger partial charge is 0.416 e. The summed E-state index contributed by atoms with van der Waals surface area (Å²) in [6, 6.07) is 15.8. The summed E-state index contributed by atoms with van der Waals surface area (Å²) >= 11 is 0. The zero-order valence-corrected chi connectivity index (χ0v) is 17.0. The third kappa shape index (κ3) is 4.51. The van der Waals surface area contributed by atoms with Gasteiger partial charge in [0.1, 0.15) is 5.75 Å². The second-order valence-electron chi connectivity index (χ2n) is 8.05. The lowest BCUT2D eigenvalue weighted by molar-refractivity contribution is -0.137. The van der Waals surface area contributed by atoms with E-state index in [4.69, 9.17) is 0 Å². The molecular formula is C24H23F3N2O2. The normalized spacial score (nSPS) is 20.0. The lowest BCUT2D eigenvalue weighted by Crippen LogP contribution is -2.40. The quantitative estimate of drug-likeness (QED) is 0.572. The monoisotopic (exact) mass is 428 g/mol. The first-order valence-corrected chi connectivity index (χ1v) is 10.1. The van der Waals surface area contributed by atoms with Crippen LogP contribution in [0.5, 0.6) is 5.75 Å².